The minimum absolute atomic E-state index is 0.194. The van der Waals surface area contributed by atoms with Gasteiger partial charge in [0.2, 0.25) is 0 Å². The Morgan fingerprint density at radius 2 is 1.83 bits per heavy atom. The number of methoxy groups -OCH3 is 1. The third-order valence-electron chi connectivity index (χ3n) is 5.62. The third-order valence-corrected chi connectivity index (χ3v) is 7.12. The Labute approximate surface area is 222 Å². The van der Waals surface area contributed by atoms with E-state index in [9.17, 15) is 14.9 Å². The summed E-state index contributed by atoms with van der Waals surface area (Å²) in [7, 11) is 1.53. The highest BCUT2D eigenvalue weighted by Crippen LogP contribution is 2.39. The summed E-state index contributed by atoms with van der Waals surface area (Å²) in [5, 5.41) is 9.04. The standard InChI is InChI=1S/C28H23BrN2O4S/c1-34-24-15-20(14-23(29)26(24)35-18-22-12-6-5-11-21(22)17-30)16-25-27(32)31(28(33)36-25)13-7-10-19-8-3-2-4-9-19/h2-6,8-9,11-12,14-16H,7,10,13,18H2,1H3/b25-16+. The lowest BCUT2D eigenvalue weighted by Gasteiger charge is -2.14. The van der Waals surface area contributed by atoms with Crippen molar-refractivity contribution in [2.75, 3.05) is 13.7 Å². The summed E-state index contributed by atoms with van der Waals surface area (Å²) in [6, 6.07) is 22.9. The maximum absolute atomic E-state index is 12.9. The highest BCUT2D eigenvalue weighted by molar-refractivity contribution is 9.10. The molecule has 6 nitrogen and oxygen atoms in total. The Balaban J connectivity index is 1.46. The largest absolute Gasteiger partial charge is 0.493 e. The molecule has 0 radical (unpaired) electrons. The zero-order chi connectivity index (χ0) is 25.5. The van der Waals surface area contributed by atoms with Gasteiger partial charge in [0.05, 0.1) is 28.1 Å². The Morgan fingerprint density at radius 3 is 2.58 bits per heavy atom. The second-order valence-corrected chi connectivity index (χ2v) is 9.86. The van der Waals surface area contributed by atoms with Gasteiger partial charge in [-0.05, 0) is 75.9 Å². The fraction of sp³-hybridized carbons (Fsp3) is 0.179. The summed E-state index contributed by atoms with van der Waals surface area (Å²) in [4.78, 5) is 27.1. The molecule has 0 saturated carbocycles. The van der Waals surface area contributed by atoms with Crippen LogP contribution in [0.25, 0.3) is 6.08 Å². The van der Waals surface area contributed by atoms with Crippen molar-refractivity contribution in [1.82, 2.24) is 4.90 Å². The van der Waals surface area contributed by atoms with Crippen molar-refractivity contribution in [3.63, 3.8) is 0 Å². The number of imide groups is 1. The number of nitrogens with zero attached hydrogens (tertiary/aromatic N) is 2. The molecule has 1 saturated heterocycles. The molecule has 2 amide bonds. The van der Waals surface area contributed by atoms with Gasteiger partial charge in [-0.1, -0.05) is 48.5 Å². The second kappa shape index (κ2) is 11.9. The molecule has 1 fully saturated rings. The molecule has 0 N–H and O–H groups in total. The van der Waals surface area contributed by atoms with Gasteiger partial charge in [0.25, 0.3) is 11.1 Å². The van der Waals surface area contributed by atoms with Crippen molar-refractivity contribution < 1.29 is 19.1 Å². The monoisotopic (exact) mass is 562 g/mol. The number of ether oxygens (including phenoxy) is 2. The molecule has 8 heteroatoms. The number of thioether (sulfide) groups is 1. The van der Waals surface area contributed by atoms with E-state index < -0.39 is 0 Å². The Morgan fingerprint density at radius 1 is 1.08 bits per heavy atom. The fourth-order valence-electron chi connectivity index (χ4n) is 3.80. The van der Waals surface area contributed by atoms with E-state index in [0.717, 1.165) is 23.7 Å². The number of carbonyl (C=O) groups excluding carboxylic acids is 2. The van der Waals surface area contributed by atoms with Gasteiger partial charge in [-0.25, -0.2) is 0 Å². The molecule has 1 aliphatic rings. The SMILES string of the molecule is COc1cc(/C=C2/SC(=O)N(CCCc3ccccc3)C2=O)cc(Br)c1OCc1ccccc1C#N. The second-order valence-electron chi connectivity index (χ2n) is 8.01. The summed E-state index contributed by atoms with van der Waals surface area (Å²) >= 11 is 4.46. The first-order valence-corrected chi connectivity index (χ1v) is 12.9. The maximum Gasteiger partial charge on any atom is 0.293 e. The zero-order valence-corrected chi connectivity index (χ0v) is 22.0. The smallest absolute Gasteiger partial charge is 0.293 e. The number of amides is 2. The van der Waals surface area contributed by atoms with Crippen molar-refractivity contribution >= 4 is 44.9 Å². The molecule has 0 spiro atoms. The van der Waals surface area contributed by atoms with E-state index in [1.807, 2.05) is 42.5 Å². The van der Waals surface area contributed by atoms with Crippen LogP contribution in [0.15, 0.2) is 76.1 Å². The summed E-state index contributed by atoms with van der Waals surface area (Å²) < 4.78 is 12.1. The average molecular weight is 563 g/mol. The summed E-state index contributed by atoms with van der Waals surface area (Å²) in [5.41, 5.74) is 3.18. The molecule has 1 aliphatic heterocycles. The van der Waals surface area contributed by atoms with Crippen LogP contribution < -0.4 is 9.47 Å². The van der Waals surface area contributed by atoms with Crippen LogP contribution in [0.2, 0.25) is 0 Å². The number of hydrogen-bond acceptors (Lipinski definition) is 6. The number of halogens is 1. The normalized spacial score (nSPS) is 14.2. The molecule has 36 heavy (non-hydrogen) atoms. The Kier molecular flexibility index (Phi) is 8.47. The predicted molar refractivity (Wildman–Crippen MR) is 144 cm³/mol. The van der Waals surface area contributed by atoms with E-state index in [1.165, 1.54) is 17.6 Å². The number of hydrogen-bond donors (Lipinski definition) is 0. The molecule has 3 aromatic carbocycles. The van der Waals surface area contributed by atoms with Gasteiger partial charge in [-0.15, -0.1) is 0 Å². The van der Waals surface area contributed by atoms with Crippen LogP contribution in [-0.4, -0.2) is 29.7 Å². The molecule has 182 valence electrons. The molecular weight excluding hydrogens is 540 g/mol. The first-order valence-electron chi connectivity index (χ1n) is 11.3. The average Bonchev–Trinajstić information content (AvgIpc) is 3.15. The number of rotatable bonds is 9. The maximum atomic E-state index is 12.9. The van der Waals surface area contributed by atoms with E-state index in [-0.39, 0.29) is 17.8 Å². The number of aryl methyl sites for hydroxylation is 1. The molecule has 0 aliphatic carbocycles. The van der Waals surface area contributed by atoms with E-state index in [0.29, 0.717) is 45.0 Å². The van der Waals surface area contributed by atoms with Gasteiger partial charge < -0.3 is 9.47 Å². The first-order chi connectivity index (χ1) is 17.5. The van der Waals surface area contributed by atoms with Gasteiger partial charge in [0, 0.05) is 12.1 Å². The molecule has 0 aromatic heterocycles. The van der Waals surface area contributed by atoms with Crippen molar-refractivity contribution in [2.24, 2.45) is 0 Å². The van der Waals surface area contributed by atoms with Crippen LogP contribution in [0, 0.1) is 11.3 Å². The molecule has 0 bridgehead atoms. The summed E-state index contributed by atoms with van der Waals surface area (Å²) in [6.45, 7) is 0.570. The third kappa shape index (κ3) is 5.99. The van der Waals surface area contributed by atoms with E-state index in [1.54, 1.807) is 30.3 Å². The van der Waals surface area contributed by atoms with E-state index >= 15 is 0 Å². The molecule has 1 heterocycles. The van der Waals surface area contributed by atoms with E-state index in [2.05, 4.69) is 22.0 Å². The quantitative estimate of drug-likeness (QED) is 0.274. The minimum Gasteiger partial charge on any atom is -0.493 e. The molecule has 0 unspecified atom stereocenters. The summed E-state index contributed by atoms with van der Waals surface area (Å²) in [5.74, 6) is 0.658. The van der Waals surface area contributed by atoms with Crippen molar-refractivity contribution in [1.29, 1.82) is 5.26 Å². The first kappa shape index (κ1) is 25.5. The Bertz CT molecular complexity index is 1350. The van der Waals surface area contributed by atoms with Gasteiger partial charge in [0.1, 0.15) is 6.61 Å². The van der Waals surface area contributed by atoms with Crippen LogP contribution in [0.1, 0.15) is 28.7 Å². The molecule has 3 aromatic rings. The predicted octanol–water partition coefficient (Wildman–Crippen LogP) is 6.58. The topological polar surface area (TPSA) is 79.6 Å². The van der Waals surface area contributed by atoms with Gasteiger partial charge in [-0.2, -0.15) is 5.26 Å². The van der Waals surface area contributed by atoms with Crippen molar-refractivity contribution in [2.45, 2.75) is 19.4 Å². The number of benzene rings is 3. The molecule has 4 rings (SSSR count). The molecule has 0 atom stereocenters. The van der Waals surface area contributed by atoms with Crippen LogP contribution in [0.3, 0.4) is 0 Å². The lowest BCUT2D eigenvalue weighted by molar-refractivity contribution is -0.122. The fourth-order valence-corrected chi connectivity index (χ4v) is 5.24. The minimum atomic E-state index is -0.290. The van der Waals surface area contributed by atoms with Crippen LogP contribution >= 0.6 is 27.7 Å². The van der Waals surface area contributed by atoms with Gasteiger partial charge >= 0.3 is 0 Å². The van der Waals surface area contributed by atoms with Crippen molar-refractivity contribution in [3.8, 4) is 17.6 Å². The van der Waals surface area contributed by atoms with E-state index in [4.69, 9.17) is 9.47 Å². The Hall–Kier alpha value is -3.54. The van der Waals surface area contributed by atoms with Crippen LogP contribution in [0.5, 0.6) is 11.5 Å². The van der Waals surface area contributed by atoms with Crippen LogP contribution in [-0.2, 0) is 17.8 Å². The lowest BCUT2D eigenvalue weighted by atomic mass is 10.1. The lowest BCUT2D eigenvalue weighted by Crippen LogP contribution is -2.29. The zero-order valence-electron chi connectivity index (χ0n) is 19.6. The van der Waals surface area contributed by atoms with Crippen molar-refractivity contribution in [3.05, 3.63) is 98.4 Å². The summed E-state index contributed by atoms with van der Waals surface area (Å²) in [6.07, 6.45) is 3.19. The number of nitriles is 1. The van der Waals surface area contributed by atoms with Crippen LogP contribution in [0.4, 0.5) is 4.79 Å². The molecular formula is C28H23BrN2O4S. The highest BCUT2D eigenvalue weighted by atomic mass is 79.9. The van der Waals surface area contributed by atoms with Gasteiger partial charge in [0.15, 0.2) is 11.5 Å². The van der Waals surface area contributed by atoms with Gasteiger partial charge in [-0.3, -0.25) is 14.5 Å². The highest BCUT2D eigenvalue weighted by Gasteiger charge is 2.34. The number of carbonyl (C=O) groups is 2.